The van der Waals surface area contributed by atoms with E-state index in [0.29, 0.717) is 45.3 Å². The second kappa shape index (κ2) is 9.58. The number of carbonyl (C=O) groups is 3. The molecule has 2 bridgehead atoms. The number of likely N-dealkylation sites (tertiary alicyclic amines) is 1. The fourth-order valence-electron chi connectivity index (χ4n) is 5.86. The zero-order valence-electron chi connectivity index (χ0n) is 20.5. The summed E-state index contributed by atoms with van der Waals surface area (Å²) in [5, 5.41) is 9.26. The van der Waals surface area contributed by atoms with Crippen LogP contribution in [0.15, 0.2) is 25.3 Å². The quantitative estimate of drug-likeness (QED) is 0.394. The molecule has 0 aliphatic carbocycles. The third kappa shape index (κ3) is 4.23. The van der Waals surface area contributed by atoms with Crippen molar-refractivity contribution in [2.75, 3.05) is 33.3 Å². The third-order valence-corrected chi connectivity index (χ3v) is 7.29. The minimum atomic E-state index is -1.00. The van der Waals surface area contributed by atoms with Crippen LogP contribution in [0.5, 0.6) is 0 Å². The van der Waals surface area contributed by atoms with E-state index in [1.54, 1.807) is 33.9 Å². The lowest BCUT2D eigenvalue weighted by atomic mass is 9.70. The van der Waals surface area contributed by atoms with Crippen LogP contribution in [0, 0.1) is 11.8 Å². The van der Waals surface area contributed by atoms with Crippen molar-refractivity contribution in [2.45, 2.75) is 69.7 Å². The summed E-state index contributed by atoms with van der Waals surface area (Å²) in [5.74, 6) is -1.77. The first kappa shape index (κ1) is 25.4. The first-order valence-corrected chi connectivity index (χ1v) is 11.9. The van der Waals surface area contributed by atoms with Gasteiger partial charge in [0.1, 0.15) is 11.6 Å². The van der Waals surface area contributed by atoms with Crippen molar-refractivity contribution < 1.29 is 24.2 Å². The summed E-state index contributed by atoms with van der Waals surface area (Å²) < 4.78 is 6.47. The Morgan fingerprint density at radius 3 is 2.45 bits per heavy atom. The Balaban J connectivity index is 2.03. The number of rotatable bonds is 10. The van der Waals surface area contributed by atoms with E-state index in [1.807, 2.05) is 20.8 Å². The summed E-state index contributed by atoms with van der Waals surface area (Å²) in [6, 6.07) is -0.791. The molecule has 3 heterocycles. The van der Waals surface area contributed by atoms with Crippen LogP contribution in [0.2, 0.25) is 0 Å². The van der Waals surface area contributed by atoms with E-state index in [0.717, 1.165) is 0 Å². The van der Waals surface area contributed by atoms with Gasteiger partial charge in [-0.2, -0.15) is 0 Å². The lowest BCUT2D eigenvalue weighted by Crippen LogP contribution is -2.60. The third-order valence-electron chi connectivity index (χ3n) is 7.29. The van der Waals surface area contributed by atoms with Gasteiger partial charge >= 0.3 is 0 Å². The van der Waals surface area contributed by atoms with Gasteiger partial charge in [-0.25, -0.2) is 0 Å². The van der Waals surface area contributed by atoms with Gasteiger partial charge in [-0.1, -0.05) is 12.2 Å². The maximum absolute atomic E-state index is 14.1. The van der Waals surface area contributed by atoms with Crippen LogP contribution in [-0.2, 0) is 19.1 Å². The molecule has 184 valence electrons. The zero-order valence-corrected chi connectivity index (χ0v) is 20.5. The monoisotopic (exact) mass is 461 g/mol. The Kier molecular flexibility index (Phi) is 7.39. The number of ether oxygens (including phenoxy) is 1. The highest BCUT2D eigenvalue weighted by molar-refractivity contribution is 5.99. The normalized spacial score (nSPS) is 30.3. The van der Waals surface area contributed by atoms with Crippen molar-refractivity contribution in [3.63, 3.8) is 0 Å². The highest BCUT2D eigenvalue weighted by Crippen LogP contribution is 2.59. The number of hydrogen-bond acceptors (Lipinski definition) is 5. The second-order valence-electron chi connectivity index (χ2n) is 10.4. The van der Waals surface area contributed by atoms with E-state index >= 15 is 0 Å². The van der Waals surface area contributed by atoms with Gasteiger partial charge in [0, 0.05) is 38.8 Å². The van der Waals surface area contributed by atoms with Crippen LogP contribution in [0.4, 0.5) is 0 Å². The molecule has 3 rings (SSSR count). The van der Waals surface area contributed by atoms with Crippen LogP contribution < -0.4 is 0 Å². The van der Waals surface area contributed by atoms with E-state index in [1.165, 1.54) is 0 Å². The molecule has 8 nitrogen and oxygen atoms in total. The summed E-state index contributed by atoms with van der Waals surface area (Å²) in [7, 11) is 1.70. The number of aliphatic hydroxyl groups is 1. The van der Waals surface area contributed by atoms with Gasteiger partial charge in [0.05, 0.1) is 17.9 Å². The summed E-state index contributed by atoms with van der Waals surface area (Å²) in [4.78, 5) is 46.1. The minimum absolute atomic E-state index is 0.0197. The van der Waals surface area contributed by atoms with Crippen LogP contribution >= 0.6 is 0 Å². The number of hydrogen-bond donors (Lipinski definition) is 1. The SMILES string of the molecule is C=CCN(C)C(=O)[C@@H]1[C@H]2C(=O)N(CCCCO)C(C(=O)N(CC=C)C(C)(C)C)C23CC[C@H]1O3. The molecule has 0 aromatic heterocycles. The topological polar surface area (TPSA) is 90.4 Å². The molecule has 3 aliphatic heterocycles. The molecule has 8 heteroatoms. The molecule has 3 amide bonds. The van der Waals surface area contributed by atoms with Gasteiger partial charge in [0.25, 0.3) is 0 Å². The summed E-state index contributed by atoms with van der Waals surface area (Å²) in [6.07, 6.45) is 5.30. The van der Waals surface area contributed by atoms with E-state index in [9.17, 15) is 19.5 Å². The summed E-state index contributed by atoms with van der Waals surface area (Å²) in [6.45, 7) is 14.5. The summed E-state index contributed by atoms with van der Waals surface area (Å²) >= 11 is 0. The van der Waals surface area contributed by atoms with Gasteiger partial charge in [-0.15, -0.1) is 13.2 Å². The standard InChI is InChI=1S/C25H39N3O5/c1-7-13-26(6)21(30)18-17-11-12-25(33-17)19(18)22(31)27(15-9-10-16-29)20(25)23(32)28(14-8-2)24(3,4)5/h7-8,17-20,29H,1-2,9-16H2,3-6H3/t17-,18+,19+,20?,25?/m1/s1. The van der Waals surface area contributed by atoms with Gasteiger partial charge < -0.3 is 24.5 Å². The number of nitrogens with zero attached hydrogens (tertiary/aromatic N) is 3. The Morgan fingerprint density at radius 2 is 1.88 bits per heavy atom. The van der Waals surface area contributed by atoms with E-state index < -0.39 is 29.0 Å². The van der Waals surface area contributed by atoms with Gasteiger partial charge in [-0.3, -0.25) is 14.4 Å². The molecular weight excluding hydrogens is 422 g/mol. The number of likely N-dealkylation sites (N-methyl/N-ethyl adjacent to an activating group) is 1. The Hall–Kier alpha value is -2.19. The highest BCUT2D eigenvalue weighted by atomic mass is 16.5. The fraction of sp³-hybridized carbons (Fsp3) is 0.720. The van der Waals surface area contributed by atoms with Crippen LogP contribution in [-0.4, -0.2) is 94.1 Å². The highest BCUT2D eigenvalue weighted by Gasteiger charge is 2.74. The maximum Gasteiger partial charge on any atom is 0.249 e. The van der Waals surface area contributed by atoms with Crippen LogP contribution in [0.25, 0.3) is 0 Å². The molecular formula is C25H39N3O5. The van der Waals surface area contributed by atoms with Crippen molar-refractivity contribution in [1.82, 2.24) is 14.7 Å². The first-order valence-electron chi connectivity index (χ1n) is 11.9. The molecule has 1 spiro atoms. The van der Waals surface area contributed by atoms with Crippen LogP contribution in [0.1, 0.15) is 46.5 Å². The molecule has 0 aromatic carbocycles. The average Bonchev–Trinajstić information content (AvgIpc) is 3.38. The van der Waals surface area contributed by atoms with Gasteiger partial charge in [-0.05, 0) is 46.5 Å². The minimum Gasteiger partial charge on any atom is -0.396 e. The Morgan fingerprint density at radius 1 is 1.21 bits per heavy atom. The molecule has 5 atom stereocenters. The molecule has 3 fully saturated rings. The molecule has 0 aromatic rings. The van der Waals surface area contributed by atoms with Crippen molar-refractivity contribution >= 4 is 17.7 Å². The first-order chi connectivity index (χ1) is 15.5. The lowest BCUT2D eigenvalue weighted by molar-refractivity contribution is -0.151. The van der Waals surface area contributed by atoms with Gasteiger partial charge in [0.2, 0.25) is 17.7 Å². The lowest BCUT2D eigenvalue weighted by Gasteiger charge is -2.42. The van der Waals surface area contributed by atoms with Crippen LogP contribution in [0.3, 0.4) is 0 Å². The molecule has 3 aliphatic rings. The molecule has 3 saturated heterocycles. The van der Waals surface area contributed by atoms with E-state index in [4.69, 9.17) is 4.74 Å². The number of fused-ring (bicyclic) bond motifs is 1. The average molecular weight is 462 g/mol. The Labute approximate surface area is 197 Å². The number of unbranched alkanes of at least 4 members (excludes halogenated alkanes) is 1. The predicted molar refractivity (Wildman–Crippen MR) is 125 cm³/mol. The smallest absolute Gasteiger partial charge is 0.249 e. The molecule has 0 radical (unpaired) electrons. The predicted octanol–water partition coefficient (Wildman–Crippen LogP) is 1.59. The van der Waals surface area contributed by atoms with E-state index in [-0.39, 0.29) is 30.4 Å². The molecule has 1 N–H and O–H groups in total. The largest absolute Gasteiger partial charge is 0.396 e. The fourth-order valence-corrected chi connectivity index (χ4v) is 5.86. The number of amides is 3. The summed E-state index contributed by atoms with van der Waals surface area (Å²) in [5.41, 5.74) is -1.48. The van der Waals surface area contributed by atoms with Gasteiger partial charge in [0.15, 0.2) is 0 Å². The zero-order chi connectivity index (χ0) is 24.6. The van der Waals surface area contributed by atoms with Crippen molar-refractivity contribution in [3.05, 3.63) is 25.3 Å². The van der Waals surface area contributed by atoms with Crippen molar-refractivity contribution in [3.8, 4) is 0 Å². The molecule has 0 saturated carbocycles. The van der Waals surface area contributed by atoms with E-state index in [2.05, 4.69) is 13.2 Å². The number of carbonyl (C=O) groups excluding carboxylic acids is 3. The van der Waals surface area contributed by atoms with Crippen molar-refractivity contribution in [2.24, 2.45) is 11.8 Å². The molecule has 33 heavy (non-hydrogen) atoms. The second-order valence-corrected chi connectivity index (χ2v) is 10.4. The Bertz CT molecular complexity index is 806. The van der Waals surface area contributed by atoms with Crippen molar-refractivity contribution in [1.29, 1.82) is 0 Å². The maximum atomic E-state index is 14.1. The molecule has 2 unspecified atom stereocenters. The number of aliphatic hydroxyl groups excluding tert-OH is 1.